The highest BCUT2D eigenvalue weighted by Crippen LogP contribution is 2.18. The zero-order chi connectivity index (χ0) is 11.1. The van der Waals surface area contributed by atoms with Crippen LogP contribution in [-0.2, 0) is 0 Å². The second-order valence-corrected chi connectivity index (χ2v) is 4.83. The predicted molar refractivity (Wildman–Crippen MR) is 67.2 cm³/mol. The van der Waals surface area contributed by atoms with Crippen molar-refractivity contribution in [3.63, 3.8) is 0 Å². The summed E-state index contributed by atoms with van der Waals surface area (Å²) >= 11 is 0. The Labute approximate surface area is 95.4 Å². The number of hydrogen-bond acceptors (Lipinski definition) is 2. The van der Waals surface area contributed by atoms with Crippen molar-refractivity contribution < 1.29 is 0 Å². The van der Waals surface area contributed by atoms with E-state index in [0.29, 0.717) is 0 Å². The second kappa shape index (κ2) is 7.24. The Balaban J connectivity index is 2.05. The second-order valence-electron chi connectivity index (χ2n) is 4.83. The summed E-state index contributed by atoms with van der Waals surface area (Å²) in [5.41, 5.74) is 0. The highest BCUT2D eigenvalue weighted by Gasteiger charge is 2.20. The average molecular weight is 212 g/mol. The summed E-state index contributed by atoms with van der Waals surface area (Å²) in [6.45, 7) is 11.9. The molecule has 0 aromatic heterocycles. The molecule has 1 aliphatic rings. The normalized spacial score (nSPS) is 22.8. The molecule has 0 bridgehead atoms. The maximum atomic E-state index is 3.64. The van der Waals surface area contributed by atoms with E-state index in [1.165, 1.54) is 51.9 Å². The molecule has 0 radical (unpaired) electrons. The quantitative estimate of drug-likeness (QED) is 0.697. The minimum Gasteiger partial charge on any atom is -0.313 e. The lowest BCUT2D eigenvalue weighted by molar-refractivity contribution is 0.311. The molecular formula is C13H28N2. The smallest absolute Gasteiger partial charge is 0.0107 e. The Morgan fingerprint density at radius 1 is 1.27 bits per heavy atom. The third-order valence-corrected chi connectivity index (χ3v) is 3.79. The van der Waals surface area contributed by atoms with E-state index in [2.05, 4.69) is 31.0 Å². The van der Waals surface area contributed by atoms with Crippen molar-refractivity contribution >= 4 is 0 Å². The SMILES string of the molecule is CCC1CCN(CCNC(CC)CC)C1. The van der Waals surface area contributed by atoms with Gasteiger partial charge < -0.3 is 10.2 Å². The zero-order valence-corrected chi connectivity index (χ0v) is 10.8. The minimum absolute atomic E-state index is 0.731. The summed E-state index contributed by atoms with van der Waals surface area (Å²) in [6, 6.07) is 0.731. The van der Waals surface area contributed by atoms with Crippen LogP contribution >= 0.6 is 0 Å². The van der Waals surface area contributed by atoms with Gasteiger partial charge in [-0.15, -0.1) is 0 Å². The van der Waals surface area contributed by atoms with E-state index in [1.807, 2.05) is 0 Å². The van der Waals surface area contributed by atoms with Crippen LogP contribution < -0.4 is 5.32 Å². The van der Waals surface area contributed by atoms with Gasteiger partial charge in [0.25, 0.3) is 0 Å². The van der Waals surface area contributed by atoms with Gasteiger partial charge in [-0.05, 0) is 31.7 Å². The van der Waals surface area contributed by atoms with E-state index in [4.69, 9.17) is 0 Å². The fourth-order valence-electron chi connectivity index (χ4n) is 2.45. The molecule has 1 N–H and O–H groups in total. The van der Waals surface area contributed by atoms with E-state index in [9.17, 15) is 0 Å². The highest BCUT2D eigenvalue weighted by molar-refractivity contribution is 4.75. The van der Waals surface area contributed by atoms with E-state index >= 15 is 0 Å². The molecule has 0 aromatic rings. The number of nitrogens with one attached hydrogen (secondary N) is 1. The van der Waals surface area contributed by atoms with Crippen molar-refractivity contribution in [1.82, 2.24) is 10.2 Å². The average Bonchev–Trinajstić information content (AvgIpc) is 2.72. The maximum Gasteiger partial charge on any atom is 0.0107 e. The first-order valence-corrected chi connectivity index (χ1v) is 6.75. The van der Waals surface area contributed by atoms with Crippen molar-refractivity contribution in [2.75, 3.05) is 26.2 Å². The predicted octanol–water partition coefficient (Wildman–Crippen LogP) is 2.50. The standard InChI is InChI=1S/C13H28N2/c1-4-12-7-9-15(11-12)10-8-14-13(5-2)6-3/h12-14H,4-11H2,1-3H3. The summed E-state index contributed by atoms with van der Waals surface area (Å²) in [5.74, 6) is 0.971. The molecule has 1 heterocycles. The molecule has 1 rings (SSSR count). The Morgan fingerprint density at radius 2 is 2.00 bits per heavy atom. The lowest BCUT2D eigenvalue weighted by Crippen LogP contribution is -2.35. The molecule has 1 unspecified atom stereocenters. The van der Waals surface area contributed by atoms with Crippen LogP contribution in [0.2, 0.25) is 0 Å². The van der Waals surface area contributed by atoms with Gasteiger partial charge in [-0.1, -0.05) is 27.2 Å². The molecule has 1 aliphatic heterocycles. The summed E-state index contributed by atoms with van der Waals surface area (Å²) in [7, 11) is 0. The van der Waals surface area contributed by atoms with Crippen LogP contribution in [0.3, 0.4) is 0 Å². The third-order valence-electron chi connectivity index (χ3n) is 3.79. The third kappa shape index (κ3) is 4.52. The molecule has 0 aliphatic carbocycles. The molecule has 1 fully saturated rings. The van der Waals surface area contributed by atoms with Crippen molar-refractivity contribution in [3.05, 3.63) is 0 Å². The number of likely N-dealkylation sites (tertiary alicyclic amines) is 1. The van der Waals surface area contributed by atoms with Crippen molar-refractivity contribution in [3.8, 4) is 0 Å². The first-order valence-electron chi connectivity index (χ1n) is 6.75. The van der Waals surface area contributed by atoms with Gasteiger partial charge in [0.1, 0.15) is 0 Å². The van der Waals surface area contributed by atoms with E-state index in [0.717, 1.165) is 12.0 Å². The molecule has 0 amide bonds. The molecular weight excluding hydrogens is 184 g/mol. The molecule has 1 saturated heterocycles. The van der Waals surface area contributed by atoms with E-state index in [-0.39, 0.29) is 0 Å². The van der Waals surface area contributed by atoms with Crippen LogP contribution in [0.1, 0.15) is 46.5 Å². The molecule has 2 heteroatoms. The van der Waals surface area contributed by atoms with Crippen LogP contribution in [0.4, 0.5) is 0 Å². The largest absolute Gasteiger partial charge is 0.313 e. The fourth-order valence-corrected chi connectivity index (χ4v) is 2.45. The van der Waals surface area contributed by atoms with Crippen LogP contribution in [-0.4, -0.2) is 37.1 Å². The lowest BCUT2D eigenvalue weighted by Gasteiger charge is -2.19. The fraction of sp³-hybridized carbons (Fsp3) is 1.00. The highest BCUT2D eigenvalue weighted by atomic mass is 15.2. The van der Waals surface area contributed by atoms with Crippen LogP contribution in [0.15, 0.2) is 0 Å². The van der Waals surface area contributed by atoms with E-state index in [1.54, 1.807) is 0 Å². The molecule has 15 heavy (non-hydrogen) atoms. The number of hydrogen-bond donors (Lipinski definition) is 1. The molecule has 0 saturated carbocycles. The summed E-state index contributed by atoms with van der Waals surface area (Å²) in [6.07, 6.45) is 5.29. The molecule has 1 atom stereocenters. The Bertz CT molecular complexity index is 155. The van der Waals surface area contributed by atoms with Gasteiger partial charge in [0.2, 0.25) is 0 Å². The lowest BCUT2D eigenvalue weighted by atomic mass is 10.1. The summed E-state index contributed by atoms with van der Waals surface area (Å²) in [5, 5.41) is 3.64. The van der Waals surface area contributed by atoms with Crippen LogP contribution in [0.25, 0.3) is 0 Å². The number of nitrogens with zero attached hydrogens (tertiary/aromatic N) is 1. The van der Waals surface area contributed by atoms with Crippen molar-refractivity contribution in [2.45, 2.75) is 52.5 Å². The summed E-state index contributed by atoms with van der Waals surface area (Å²) < 4.78 is 0. The zero-order valence-electron chi connectivity index (χ0n) is 10.8. The first-order chi connectivity index (χ1) is 7.30. The molecule has 0 aromatic carbocycles. The van der Waals surface area contributed by atoms with Gasteiger partial charge in [-0.25, -0.2) is 0 Å². The van der Waals surface area contributed by atoms with E-state index < -0.39 is 0 Å². The Morgan fingerprint density at radius 3 is 2.53 bits per heavy atom. The topological polar surface area (TPSA) is 15.3 Å². The monoisotopic (exact) mass is 212 g/mol. The van der Waals surface area contributed by atoms with Crippen molar-refractivity contribution in [1.29, 1.82) is 0 Å². The molecule has 2 nitrogen and oxygen atoms in total. The van der Waals surface area contributed by atoms with Crippen molar-refractivity contribution in [2.24, 2.45) is 5.92 Å². The maximum absolute atomic E-state index is 3.64. The molecule has 90 valence electrons. The van der Waals surface area contributed by atoms with Crippen LogP contribution in [0, 0.1) is 5.92 Å². The van der Waals surface area contributed by atoms with Gasteiger partial charge in [0.15, 0.2) is 0 Å². The summed E-state index contributed by atoms with van der Waals surface area (Å²) in [4.78, 5) is 2.61. The first kappa shape index (κ1) is 13.0. The Hall–Kier alpha value is -0.0800. The van der Waals surface area contributed by atoms with Gasteiger partial charge in [0.05, 0.1) is 0 Å². The van der Waals surface area contributed by atoms with Gasteiger partial charge >= 0.3 is 0 Å². The molecule has 0 spiro atoms. The van der Waals surface area contributed by atoms with Crippen LogP contribution in [0.5, 0.6) is 0 Å². The Kier molecular flexibility index (Phi) is 6.26. The van der Waals surface area contributed by atoms with Gasteiger partial charge in [0, 0.05) is 25.7 Å². The number of rotatable bonds is 7. The van der Waals surface area contributed by atoms with Gasteiger partial charge in [-0.2, -0.15) is 0 Å². The van der Waals surface area contributed by atoms with Gasteiger partial charge in [-0.3, -0.25) is 0 Å². The minimum atomic E-state index is 0.731.